The van der Waals surface area contributed by atoms with Crippen molar-refractivity contribution < 1.29 is 9.84 Å². The SMILES string of the molecule is Oc1ccc([C@@H]2Oc3ccccc3C=C2c2ccccc2)cc1. The molecule has 0 spiro atoms. The summed E-state index contributed by atoms with van der Waals surface area (Å²) in [6.45, 7) is 0. The van der Waals surface area contributed by atoms with Gasteiger partial charge in [0.05, 0.1) is 0 Å². The van der Waals surface area contributed by atoms with E-state index in [9.17, 15) is 5.11 Å². The molecule has 0 amide bonds. The normalized spacial score (nSPS) is 16.2. The third kappa shape index (κ3) is 2.59. The van der Waals surface area contributed by atoms with Crippen LogP contribution in [0.25, 0.3) is 11.6 Å². The highest BCUT2D eigenvalue weighted by Crippen LogP contribution is 2.42. The minimum atomic E-state index is -0.187. The Morgan fingerprint density at radius 1 is 0.739 bits per heavy atom. The summed E-state index contributed by atoms with van der Waals surface area (Å²) in [5.41, 5.74) is 4.36. The molecule has 1 aliphatic heterocycles. The first-order valence-electron chi connectivity index (χ1n) is 7.63. The van der Waals surface area contributed by atoms with Gasteiger partial charge in [0.15, 0.2) is 0 Å². The highest BCUT2D eigenvalue weighted by atomic mass is 16.5. The largest absolute Gasteiger partial charge is 0.508 e. The van der Waals surface area contributed by atoms with Gasteiger partial charge in [0.2, 0.25) is 0 Å². The van der Waals surface area contributed by atoms with E-state index in [2.05, 4.69) is 24.3 Å². The lowest BCUT2D eigenvalue weighted by Gasteiger charge is -2.28. The van der Waals surface area contributed by atoms with Crippen LogP contribution in [0, 0.1) is 0 Å². The molecule has 0 fully saturated rings. The van der Waals surface area contributed by atoms with Crippen LogP contribution < -0.4 is 4.74 Å². The Hall–Kier alpha value is -3.00. The van der Waals surface area contributed by atoms with E-state index in [1.165, 1.54) is 0 Å². The number of aromatic hydroxyl groups is 1. The van der Waals surface area contributed by atoms with E-state index in [-0.39, 0.29) is 11.9 Å². The van der Waals surface area contributed by atoms with Crippen molar-refractivity contribution in [2.45, 2.75) is 6.10 Å². The van der Waals surface area contributed by atoms with Crippen LogP contribution in [0.1, 0.15) is 22.8 Å². The molecule has 0 aromatic heterocycles. The zero-order valence-corrected chi connectivity index (χ0v) is 12.5. The third-order valence-corrected chi connectivity index (χ3v) is 4.06. The summed E-state index contributed by atoms with van der Waals surface area (Å²) in [5.74, 6) is 1.14. The number of phenols is 1. The first-order valence-corrected chi connectivity index (χ1v) is 7.63. The molecule has 2 heteroatoms. The summed E-state index contributed by atoms with van der Waals surface area (Å²) in [5, 5.41) is 9.54. The molecule has 0 radical (unpaired) electrons. The number of rotatable bonds is 2. The maximum Gasteiger partial charge on any atom is 0.149 e. The predicted octanol–water partition coefficient (Wildman–Crippen LogP) is 5.07. The molecule has 1 N–H and O–H groups in total. The molecule has 3 aromatic carbocycles. The fourth-order valence-corrected chi connectivity index (χ4v) is 2.90. The van der Waals surface area contributed by atoms with E-state index in [1.807, 2.05) is 48.5 Å². The first-order chi connectivity index (χ1) is 11.3. The van der Waals surface area contributed by atoms with Gasteiger partial charge in [0, 0.05) is 11.1 Å². The monoisotopic (exact) mass is 300 g/mol. The van der Waals surface area contributed by atoms with Crippen LogP contribution >= 0.6 is 0 Å². The van der Waals surface area contributed by atoms with Gasteiger partial charge in [-0.15, -0.1) is 0 Å². The highest BCUT2D eigenvalue weighted by molar-refractivity contribution is 5.87. The Morgan fingerprint density at radius 2 is 1.43 bits per heavy atom. The van der Waals surface area contributed by atoms with Crippen LogP contribution in [0.5, 0.6) is 11.5 Å². The summed E-state index contributed by atoms with van der Waals surface area (Å²) in [7, 11) is 0. The second kappa shape index (κ2) is 5.65. The number of fused-ring (bicyclic) bond motifs is 1. The van der Waals surface area contributed by atoms with Crippen molar-refractivity contribution >= 4 is 11.6 Å². The van der Waals surface area contributed by atoms with Crippen LogP contribution in [-0.4, -0.2) is 5.11 Å². The lowest BCUT2D eigenvalue weighted by atomic mass is 9.91. The quantitative estimate of drug-likeness (QED) is 0.716. The second-order valence-corrected chi connectivity index (χ2v) is 5.59. The van der Waals surface area contributed by atoms with Crippen LogP contribution in [-0.2, 0) is 0 Å². The summed E-state index contributed by atoms with van der Waals surface area (Å²) in [4.78, 5) is 0. The van der Waals surface area contributed by atoms with Crippen molar-refractivity contribution in [3.05, 3.63) is 95.6 Å². The average Bonchev–Trinajstić information content (AvgIpc) is 2.62. The highest BCUT2D eigenvalue weighted by Gasteiger charge is 2.25. The van der Waals surface area contributed by atoms with Crippen LogP contribution in [0.4, 0.5) is 0 Å². The predicted molar refractivity (Wildman–Crippen MR) is 92.2 cm³/mol. The maximum absolute atomic E-state index is 9.54. The molecular weight excluding hydrogens is 284 g/mol. The molecule has 1 atom stereocenters. The van der Waals surface area contributed by atoms with Gasteiger partial charge in [0.25, 0.3) is 0 Å². The molecule has 1 heterocycles. The van der Waals surface area contributed by atoms with Gasteiger partial charge in [-0.25, -0.2) is 0 Å². The van der Waals surface area contributed by atoms with E-state index in [1.54, 1.807) is 12.1 Å². The van der Waals surface area contributed by atoms with Gasteiger partial charge in [0.1, 0.15) is 17.6 Å². The van der Waals surface area contributed by atoms with E-state index in [4.69, 9.17) is 4.74 Å². The van der Waals surface area contributed by atoms with Crippen molar-refractivity contribution in [1.29, 1.82) is 0 Å². The van der Waals surface area contributed by atoms with Crippen molar-refractivity contribution in [2.75, 3.05) is 0 Å². The minimum absolute atomic E-state index is 0.187. The van der Waals surface area contributed by atoms with Crippen molar-refractivity contribution in [3.63, 3.8) is 0 Å². The van der Waals surface area contributed by atoms with Gasteiger partial charge in [-0.2, -0.15) is 0 Å². The topological polar surface area (TPSA) is 29.5 Å². The van der Waals surface area contributed by atoms with Gasteiger partial charge in [-0.05, 0) is 35.4 Å². The smallest absolute Gasteiger partial charge is 0.149 e. The number of ether oxygens (including phenoxy) is 1. The average molecular weight is 300 g/mol. The summed E-state index contributed by atoms with van der Waals surface area (Å²) in [6, 6.07) is 25.5. The van der Waals surface area contributed by atoms with E-state index < -0.39 is 0 Å². The molecule has 23 heavy (non-hydrogen) atoms. The molecule has 0 unspecified atom stereocenters. The van der Waals surface area contributed by atoms with Crippen LogP contribution in [0.3, 0.4) is 0 Å². The fourth-order valence-electron chi connectivity index (χ4n) is 2.90. The Morgan fingerprint density at radius 3 is 2.22 bits per heavy atom. The second-order valence-electron chi connectivity index (χ2n) is 5.59. The number of para-hydroxylation sites is 1. The van der Waals surface area contributed by atoms with Crippen molar-refractivity contribution in [1.82, 2.24) is 0 Å². The molecule has 0 saturated heterocycles. The molecule has 112 valence electrons. The standard InChI is InChI=1S/C21H16O2/c22-18-12-10-16(11-13-18)21-19(15-6-2-1-3-7-15)14-17-8-4-5-9-20(17)23-21/h1-14,21-22H/t21-/m0/s1. The number of hydrogen-bond acceptors (Lipinski definition) is 2. The molecule has 0 bridgehead atoms. The minimum Gasteiger partial charge on any atom is -0.508 e. The van der Waals surface area contributed by atoms with E-state index >= 15 is 0 Å². The van der Waals surface area contributed by atoms with Crippen molar-refractivity contribution in [2.24, 2.45) is 0 Å². The molecule has 1 aliphatic rings. The number of hydrogen-bond donors (Lipinski definition) is 1. The Kier molecular flexibility index (Phi) is 3.35. The third-order valence-electron chi connectivity index (χ3n) is 4.06. The molecule has 4 rings (SSSR count). The zero-order chi connectivity index (χ0) is 15.6. The molecule has 0 saturated carbocycles. The fraction of sp³-hybridized carbons (Fsp3) is 0.0476. The van der Waals surface area contributed by atoms with Gasteiger partial charge >= 0.3 is 0 Å². The van der Waals surface area contributed by atoms with E-state index in [0.29, 0.717) is 0 Å². The Balaban J connectivity index is 1.85. The maximum atomic E-state index is 9.54. The zero-order valence-electron chi connectivity index (χ0n) is 12.5. The molecule has 2 nitrogen and oxygen atoms in total. The van der Waals surface area contributed by atoms with Crippen LogP contribution in [0.15, 0.2) is 78.9 Å². The number of phenolic OH excluding ortho intramolecular Hbond substituents is 1. The Bertz CT molecular complexity index is 849. The van der Waals surface area contributed by atoms with Gasteiger partial charge < -0.3 is 9.84 Å². The lowest BCUT2D eigenvalue weighted by molar-refractivity contribution is 0.261. The molecular formula is C21H16O2. The van der Waals surface area contributed by atoms with E-state index in [0.717, 1.165) is 28.0 Å². The first kappa shape index (κ1) is 13.6. The van der Waals surface area contributed by atoms with Crippen molar-refractivity contribution in [3.8, 4) is 11.5 Å². The lowest BCUT2D eigenvalue weighted by Crippen LogP contribution is -2.14. The summed E-state index contributed by atoms with van der Waals surface area (Å²) < 4.78 is 6.27. The van der Waals surface area contributed by atoms with Crippen LogP contribution in [0.2, 0.25) is 0 Å². The summed E-state index contributed by atoms with van der Waals surface area (Å²) in [6.07, 6.45) is 2.00. The Labute approximate surface area is 135 Å². The van der Waals surface area contributed by atoms with Gasteiger partial charge in [-0.1, -0.05) is 60.7 Å². The number of benzene rings is 3. The molecule has 3 aromatic rings. The van der Waals surface area contributed by atoms with Gasteiger partial charge in [-0.3, -0.25) is 0 Å². The summed E-state index contributed by atoms with van der Waals surface area (Å²) >= 11 is 0. The molecule has 0 aliphatic carbocycles.